The third-order valence-electron chi connectivity index (χ3n) is 6.02. The Bertz CT molecular complexity index is 1180. The zero-order valence-corrected chi connectivity index (χ0v) is 19.5. The van der Waals surface area contributed by atoms with Gasteiger partial charge in [-0.25, -0.2) is 19.6 Å². The molecule has 0 aromatic carbocycles. The van der Waals surface area contributed by atoms with E-state index < -0.39 is 0 Å². The summed E-state index contributed by atoms with van der Waals surface area (Å²) >= 11 is 1.41. The van der Waals surface area contributed by atoms with E-state index in [1.54, 1.807) is 7.05 Å². The van der Waals surface area contributed by atoms with Crippen molar-refractivity contribution in [1.82, 2.24) is 24.7 Å². The van der Waals surface area contributed by atoms with Crippen molar-refractivity contribution in [3.05, 3.63) is 34.1 Å². The van der Waals surface area contributed by atoms with E-state index in [-0.39, 0.29) is 17.6 Å². The van der Waals surface area contributed by atoms with Crippen LogP contribution >= 0.6 is 11.3 Å². The van der Waals surface area contributed by atoms with E-state index in [0.29, 0.717) is 29.8 Å². The molecule has 1 saturated heterocycles. The summed E-state index contributed by atoms with van der Waals surface area (Å²) < 4.78 is 7.96. The Kier molecular flexibility index (Phi) is 5.21. The number of anilines is 2. The number of carbonyl (C=O) groups excluding carboxylic acids is 1. The Morgan fingerprint density at radius 2 is 2.16 bits per heavy atom. The minimum absolute atomic E-state index is 0.226. The van der Waals surface area contributed by atoms with Crippen LogP contribution in [0.1, 0.15) is 66.6 Å². The highest BCUT2D eigenvalue weighted by Gasteiger charge is 2.42. The fourth-order valence-corrected chi connectivity index (χ4v) is 5.26. The average molecular weight is 454 g/mol. The minimum Gasteiger partial charge on any atom is -0.357 e. The normalized spacial score (nSPS) is 19.2. The van der Waals surface area contributed by atoms with E-state index in [2.05, 4.69) is 34.4 Å². The summed E-state index contributed by atoms with van der Waals surface area (Å²) in [5.41, 5.74) is 4.55. The maximum Gasteiger partial charge on any atom is 0.278 e. The Morgan fingerprint density at radius 3 is 2.84 bits per heavy atom. The molecule has 1 amide bonds. The second kappa shape index (κ2) is 7.93. The molecule has 1 aliphatic heterocycles. The summed E-state index contributed by atoms with van der Waals surface area (Å²) in [5.74, 6) is 0.278. The lowest BCUT2D eigenvalue weighted by Crippen LogP contribution is -2.30. The highest BCUT2D eigenvalue weighted by atomic mass is 32.1. The zero-order chi connectivity index (χ0) is 22.5. The summed E-state index contributed by atoms with van der Waals surface area (Å²) in [7, 11) is 1.80. The second-order valence-corrected chi connectivity index (χ2v) is 9.82. The van der Waals surface area contributed by atoms with Crippen LogP contribution in [0.2, 0.25) is 0 Å². The Labute approximate surface area is 190 Å². The van der Waals surface area contributed by atoms with Crippen molar-refractivity contribution < 1.29 is 9.53 Å². The number of thiazole rings is 1. The molecular weight excluding hydrogens is 426 g/mol. The number of ether oxygens (including phenoxy) is 1. The van der Waals surface area contributed by atoms with Crippen LogP contribution in [-0.2, 0) is 16.6 Å². The number of carbonyl (C=O) groups is 1. The third kappa shape index (κ3) is 3.57. The number of amides is 1. The Morgan fingerprint density at radius 1 is 1.31 bits per heavy atom. The molecule has 0 radical (unpaired) electrons. The molecule has 2 N–H and O–H groups in total. The third-order valence-corrected chi connectivity index (χ3v) is 6.89. The maximum atomic E-state index is 13.4. The standard InChI is InChI=1S/C22H27N7O2S/c1-12-11-32-21(25-12)27-19(30)17-15-18(29(28-17)14-7-5-6-8-31-14)16-13(9-22(15,2)3)10-24-20(23-4)26-16/h10-11,14H,5-9H2,1-4H3,(H,23,24,26)(H,25,27,30). The number of hydrogen-bond acceptors (Lipinski definition) is 8. The summed E-state index contributed by atoms with van der Waals surface area (Å²) in [5, 5.41) is 13.3. The van der Waals surface area contributed by atoms with Crippen LogP contribution in [0.15, 0.2) is 11.6 Å². The first-order chi connectivity index (χ1) is 15.4. The van der Waals surface area contributed by atoms with Crippen LogP contribution in [0.4, 0.5) is 11.1 Å². The number of nitrogens with zero attached hydrogens (tertiary/aromatic N) is 5. The van der Waals surface area contributed by atoms with Gasteiger partial charge in [0.2, 0.25) is 5.95 Å². The Balaban J connectivity index is 1.69. The monoisotopic (exact) mass is 453 g/mol. The van der Waals surface area contributed by atoms with Crippen LogP contribution in [0.5, 0.6) is 0 Å². The lowest BCUT2D eigenvalue weighted by atomic mass is 9.73. The molecule has 168 valence electrons. The van der Waals surface area contributed by atoms with E-state index in [4.69, 9.17) is 14.8 Å². The molecule has 9 nitrogen and oxygen atoms in total. The van der Waals surface area contributed by atoms with Gasteiger partial charge in [-0.3, -0.25) is 10.1 Å². The van der Waals surface area contributed by atoms with Crippen molar-refractivity contribution in [3.63, 3.8) is 0 Å². The fraction of sp³-hybridized carbons (Fsp3) is 0.500. The number of fused-ring (bicyclic) bond motifs is 3. The number of aromatic nitrogens is 5. The summed E-state index contributed by atoms with van der Waals surface area (Å²) in [6.45, 7) is 6.86. The topological polar surface area (TPSA) is 107 Å². The van der Waals surface area contributed by atoms with Crippen molar-refractivity contribution in [2.75, 3.05) is 24.3 Å². The average Bonchev–Trinajstić information content (AvgIpc) is 3.38. The first kappa shape index (κ1) is 21.0. The molecule has 0 saturated carbocycles. The van der Waals surface area contributed by atoms with E-state index in [1.807, 2.05) is 23.2 Å². The number of aryl methyl sites for hydroxylation is 1. The molecule has 0 bridgehead atoms. The SMILES string of the molecule is CNc1ncc2c(n1)-c1c(c(C(=O)Nc3nc(C)cs3)nn1C1CCCCO1)C(C)(C)C2. The van der Waals surface area contributed by atoms with E-state index in [0.717, 1.165) is 47.5 Å². The highest BCUT2D eigenvalue weighted by Crippen LogP contribution is 2.46. The van der Waals surface area contributed by atoms with E-state index in [9.17, 15) is 4.79 Å². The minimum atomic E-state index is -0.328. The highest BCUT2D eigenvalue weighted by molar-refractivity contribution is 7.13. The van der Waals surface area contributed by atoms with Crippen molar-refractivity contribution in [2.24, 2.45) is 0 Å². The van der Waals surface area contributed by atoms with Gasteiger partial charge in [0, 0.05) is 30.8 Å². The number of hydrogen-bond donors (Lipinski definition) is 2. The van der Waals surface area contributed by atoms with E-state index in [1.165, 1.54) is 11.3 Å². The molecule has 5 rings (SSSR count). The van der Waals surface area contributed by atoms with Gasteiger partial charge in [0.1, 0.15) is 0 Å². The van der Waals surface area contributed by atoms with Crippen LogP contribution in [0.3, 0.4) is 0 Å². The maximum absolute atomic E-state index is 13.4. The van der Waals surface area contributed by atoms with Crippen LogP contribution < -0.4 is 10.6 Å². The molecule has 3 aromatic rings. The van der Waals surface area contributed by atoms with Crippen molar-refractivity contribution in [1.29, 1.82) is 0 Å². The molecule has 3 aromatic heterocycles. The molecule has 10 heteroatoms. The van der Waals surface area contributed by atoms with Crippen molar-refractivity contribution in [3.8, 4) is 11.4 Å². The first-order valence-electron chi connectivity index (χ1n) is 10.9. The van der Waals surface area contributed by atoms with Crippen molar-refractivity contribution >= 4 is 28.3 Å². The predicted octanol–water partition coefficient (Wildman–Crippen LogP) is 3.93. The quantitative estimate of drug-likeness (QED) is 0.616. The molecule has 0 spiro atoms. The number of nitrogens with one attached hydrogen (secondary N) is 2. The van der Waals surface area contributed by atoms with Gasteiger partial charge in [0.25, 0.3) is 5.91 Å². The van der Waals surface area contributed by atoms with Crippen molar-refractivity contribution in [2.45, 2.75) is 58.1 Å². The fourth-order valence-electron chi connectivity index (χ4n) is 4.58. The van der Waals surface area contributed by atoms with Gasteiger partial charge in [-0.05, 0) is 43.6 Å². The van der Waals surface area contributed by atoms with E-state index >= 15 is 0 Å². The van der Waals surface area contributed by atoms with Crippen LogP contribution in [0.25, 0.3) is 11.4 Å². The zero-order valence-electron chi connectivity index (χ0n) is 18.7. The van der Waals surface area contributed by atoms with Gasteiger partial charge in [0.15, 0.2) is 17.1 Å². The van der Waals surface area contributed by atoms with Gasteiger partial charge in [-0.2, -0.15) is 5.10 Å². The lowest BCUT2D eigenvalue weighted by Gasteiger charge is -2.33. The van der Waals surface area contributed by atoms with Crippen LogP contribution in [0, 0.1) is 6.92 Å². The predicted molar refractivity (Wildman–Crippen MR) is 123 cm³/mol. The Hall–Kier alpha value is -2.85. The molecule has 1 aliphatic carbocycles. The van der Waals surface area contributed by atoms with Gasteiger partial charge in [-0.1, -0.05) is 13.8 Å². The molecule has 1 atom stereocenters. The molecule has 2 aliphatic rings. The molecule has 1 unspecified atom stereocenters. The second-order valence-electron chi connectivity index (χ2n) is 8.96. The van der Waals surface area contributed by atoms with Gasteiger partial charge >= 0.3 is 0 Å². The largest absolute Gasteiger partial charge is 0.357 e. The van der Waals surface area contributed by atoms with Gasteiger partial charge in [0.05, 0.1) is 17.1 Å². The lowest BCUT2D eigenvalue weighted by molar-refractivity contribution is -0.0386. The molecule has 1 fully saturated rings. The summed E-state index contributed by atoms with van der Waals surface area (Å²) in [4.78, 5) is 27.0. The van der Waals surface area contributed by atoms with Gasteiger partial charge in [-0.15, -0.1) is 11.3 Å². The molecule has 4 heterocycles. The molecular formula is C22H27N7O2S. The first-order valence-corrected chi connectivity index (χ1v) is 11.8. The summed E-state index contributed by atoms with van der Waals surface area (Å²) in [6, 6.07) is 0. The van der Waals surface area contributed by atoms with Crippen LogP contribution in [-0.4, -0.2) is 44.3 Å². The van der Waals surface area contributed by atoms with Gasteiger partial charge < -0.3 is 10.1 Å². The summed E-state index contributed by atoms with van der Waals surface area (Å²) in [6.07, 6.45) is 5.30. The number of rotatable bonds is 4. The smallest absolute Gasteiger partial charge is 0.278 e. The molecule has 32 heavy (non-hydrogen) atoms.